The van der Waals surface area contributed by atoms with Crippen LogP contribution in [0.25, 0.3) is 0 Å². The molecule has 2 aromatic rings. The van der Waals surface area contributed by atoms with Crippen LogP contribution in [0.2, 0.25) is 5.02 Å². The van der Waals surface area contributed by atoms with Crippen LogP contribution in [0.15, 0.2) is 42.5 Å². The van der Waals surface area contributed by atoms with E-state index in [1.54, 1.807) is 7.11 Å². The maximum Gasteiger partial charge on any atom is 0.138 e. The van der Waals surface area contributed by atoms with E-state index in [-0.39, 0.29) is 12.6 Å². The largest absolute Gasteiger partial charge is 0.490 e. The zero-order valence-electron chi connectivity index (χ0n) is 13.4. The van der Waals surface area contributed by atoms with Crippen molar-refractivity contribution >= 4 is 17.3 Å². The average Bonchev–Trinajstić information content (AvgIpc) is 2.57. The van der Waals surface area contributed by atoms with E-state index in [4.69, 9.17) is 21.1 Å². The number of ether oxygens (including phenoxy) is 2. The van der Waals surface area contributed by atoms with Crippen LogP contribution in [0.3, 0.4) is 0 Å². The predicted octanol–water partition coefficient (Wildman–Crippen LogP) is 4.03. The highest BCUT2D eigenvalue weighted by Gasteiger charge is 2.08. The van der Waals surface area contributed by atoms with Crippen molar-refractivity contribution in [2.24, 2.45) is 0 Å². The molecule has 4 nitrogen and oxygen atoms in total. The number of aliphatic hydroxyl groups excluding tert-OH is 1. The molecule has 2 N–H and O–H groups in total. The van der Waals surface area contributed by atoms with Crippen LogP contribution in [-0.2, 0) is 11.3 Å². The van der Waals surface area contributed by atoms with Crippen molar-refractivity contribution < 1.29 is 14.6 Å². The molecule has 0 bridgehead atoms. The van der Waals surface area contributed by atoms with E-state index in [0.29, 0.717) is 24.0 Å². The van der Waals surface area contributed by atoms with Crippen molar-refractivity contribution in [2.45, 2.75) is 19.6 Å². The standard InChI is InChI=1S/C18H22ClNO3/c1-13(15-5-3-4-14(10-15)12-21)20-16-6-7-18(17(19)11-16)23-9-8-22-2/h3-7,10-11,13,20-21H,8-9,12H2,1-2H3. The zero-order valence-corrected chi connectivity index (χ0v) is 14.1. The molecule has 0 radical (unpaired) electrons. The minimum Gasteiger partial charge on any atom is -0.490 e. The Hall–Kier alpha value is -1.75. The molecule has 1 atom stereocenters. The highest BCUT2D eigenvalue weighted by Crippen LogP contribution is 2.29. The Morgan fingerprint density at radius 2 is 2.00 bits per heavy atom. The molecule has 0 spiro atoms. The van der Waals surface area contributed by atoms with E-state index in [9.17, 15) is 5.11 Å². The summed E-state index contributed by atoms with van der Waals surface area (Å²) in [6, 6.07) is 13.6. The van der Waals surface area contributed by atoms with Crippen molar-refractivity contribution in [3.05, 3.63) is 58.6 Å². The number of halogens is 1. The Bertz CT molecular complexity index is 633. The van der Waals surface area contributed by atoms with Crippen LogP contribution in [-0.4, -0.2) is 25.4 Å². The van der Waals surface area contributed by atoms with Crippen LogP contribution >= 0.6 is 11.6 Å². The molecule has 0 amide bonds. The summed E-state index contributed by atoms with van der Waals surface area (Å²) in [4.78, 5) is 0. The molecular formula is C18H22ClNO3. The van der Waals surface area contributed by atoms with Crippen molar-refractivity contribution in [2.75, 3.05) is 25.6 Å². The van der Waals surface area contributed by atoms with Crippen molar-refractivity contribution in [1.29, 1.82) is 0 Å². The third-order valence-electron chi connectivity index (χ3n) is 3.49. The summed E-state index contributed by atoms with van der Waals surface area (Å²) in [5.41, 5.74) is 2.92. The number of anilines is 1. The van der Waals surface area contributed by atoms with Gasteiger partial charge in [0.15, 0.2) is 0 Å². The molecular weight excluding hydrogens is 314 g/mol. The molecule has 0 fully saturated rings. The normalized spacial score (nSPS) is 12.0. The van der Waals surface area contributed by atoms with Gasteiger partial charge in [-0.15, -0.1) is 0 Å². The van der Waals surface area contributed by atoms with Gasteiger partial charge in [-0.1, -0.05) is 35.9 Å². The molecule has 1 unspecified atom stereocenters. The van der Waals surface area contributed by atoms with Crippen LogP contribution < -0.4 is 10.1 Å². The van der Waals surface area contributed by atoms with Crippen LogP contribution in [0.5, 0.6) is 5.75 Å². The molecule has 0 aliphatic heterocycles. The van der Waals surface area contributed by atoms with Gasteiger partial charge in [-0.25, -0.2) is 0 Å². The Morgan fingerprint density at radius 3 is 2.70 bits per heavy atom. The van der Waals surface area contributed by atoms with E-state index in [0.717, 1.165) is 16.8 Å². The van der Waals surface area contributed by atoms with Gasteiger partial charge in [-0.3, -0.25) is 0 Å². The van der Waals surface area contributed by atoms with E-state index < -0.39 is 0 Å². The lowest BCUT2D eigenvalue weighted by atomic mass is 10.1. The number of rotatable bonds is 8. The molecule has 124 valence electrons. The Labute approximate surface area is 142 Å². The Balaban J connectivity index is 2.03. The fourth-order valence-corrected chi connectivity index (χ4v) is 2.47. The van der Waals surface area contributed by atoms with Gasteiger partial charge in [0.05, 0.1) is 18.2 Å². The number of benzene rings is 2. The highest BCUT2D eigenvalue weighted by molar-refractivity contribution is 6.32. The summed E-state index contributed by atoms with van der Waals surface area (Å²) in [7, 11) is 1.63. The van der Waals surface area contributed by atoms with Gasteiger partial charge >= 0.3 is 0 Å². The van der Waals surface area contributed by atoms with Crippen LogP contribution in [0, 0.1) is 0 Å². The SMILES string of the molecule is COCCOc1ccc(NC(C)c2cccc(CO)c2)cc1Cl. The van der Waals surface area contributed by atoms with Gasteiger partial charge in [0, 0.05) is 18.8 Å². The lowest BCUT2D eigenvalue weighted by molar-refractivity contribution is 0.146. The number of nitrogens with one attached hydrogen (secondary N) is 1. The number of hydrogen-bond acceptors (Lipinski definition) is 4. The Morgan fingerprint density at radius 1 is 1.17 bits per heavy atom. The molecule has 0 saturated carbocycles. The predicted molar refractivity (Wildman–Crippen MR) is 93.2 cm³/mol. The first-order valence-corrected chi connectivity index (χ1v) is 7.89. The minimum atomic E-state index is 0.0416. The first-order valence-electron chi connectivity index (χ1n) is 7.51. The second-order valence-corrected chi connectivity index (χ2v) is 5.66. The van der Waals surface area contributed by atoms with E-state index in [2.05, 4.69) is 12.2 Å². The van der Waals surface area contributed by atoms with Gasteiger partial charge in [0.25, 0.3) is 0 Å². The molecule has 2 rings (SSSR count). The quantitative estimate of drug-likeness (QED) is 0.715. The fraction of sp³-hybridized carbons (Fsp3) is 0.333. The highest BCUT2D eigenvalue weighted by atomic mass is 35.5. The summed E-state index contributed by atoms with van der Waals surface area (Å²) in [5.74, 6) is 0.643. The van der Waals surface area contributed by atoms with Gasteiger partial charge in [0.1, 0.15) is 12.4 Å². The third-order valence-corrected chi connectivity index (χ3v) is 3.79. The lowest BCUT2D eigenvalue weighted by Gasteiger charge is -2.17. The van der Waals surface area contributed by atoms with E-state index >= 15 is 0 Å². The smallest absolute Gasteiger partial charge is 0.138 e. The second kappa shape index (κ2) is 8.77. The van der Waals surface area contributed by atoms with E-state index in [1.165, 1.54) is 0 Å². The van der Waals surface area contributed by atoms with Gasteiger partial charge in [-0.05, 0) is 36.2 Å². The first-order chi connectivity index (χ1) is 11.1. The number of methoxy groups -OCH3 is 1. The Kier molecular flexibility index (Phi) is 6.71. The molecule has 0 aliphatic carbocycles. The fourth-order valence-electron chi connectivity index (χ4n) is 2.24. The average molecular weight is 336 g/mol. The van der Waals surface area contributed by atoms with Crippen molar-refractivity contribution in [1.82, 2.24) is 0 Å². The zero-order chi connectivity index (χ0) is 16.7. The van der Waals surface area contributed by atoms with Crippen molar-refractivity contribution in [3.63, 3.8) is 0 Å². The summed E-state index contributed by atoms with van der Waals surface area (Å²) in [6.45, 7) is 3.09. The first kappa shape index (κ1) is 17.6. The number of hydrogen-bond donors (Lipinski definition) is 2. The topological polar surface area (TPSA) is 50.7 Å². The third kappa shape index (κ3) is 5.13. The minimum absolute atomic E-state index is 0.0416. The molecule has 0 heterocycles. The summed E-state index contributed by atoms with van der Waals surface area (Å²) in [6.07, 6.45) is 0. The monoisotopic (exact) mass is 335 g/mol. The molecule has 5 heteroatoms. The van der Waals surface area contributed by atoms with Gasteiger partial charge in [-0.2, -0.15) is 0 Å². The van der Waals surface area contributed by atoms with Gasteiger partial charge < -0.3 is 19.9 Å². The summed E-state index contributed by atoms with van der Waals surface area (Å²) in [5, 5.41) is 13.2. The van der Waals surface area contributed by atoms with E-state index in [1.807, 2.05) is 42.5 Å². The van der Waals surface area contributed by atoms with Crippen LogP contribution in [0.4, 0.5) is 5.69 Å². The molecule has 2 aromatic carbocycles. The maximum absolute atomic E-state index is 9.23. The molecule has 0 saturated heterocycles. The molecule has 0 aliphatic rings. The van der Waals surface area contributed by atoms with Crippen LogP contribution in [0.1, 0.15) is 24.1 Å². The summed E-state index contributed by atoms with van der Waals surface area (Å²) < 4.78 is 10.5. The van der Waals surface area contributed by atoms with Crippen molar-refractivity contribution in [3.8, 4) is 5.75 Å². The molecule has 23 heavy (non-hydrogen) atoms. The lowest BCUT2D eigenvalue weighted by Crippen LogP contribution is -2.08. The second-order valence-electron chi connectivity index (χ2n) is 5.26. The molecule has 0 aromatic heterocycles. The summed E-state index contributed by atoms with van der Waals surface area (Å²) >= 11 is 6.25. The maximum atomic E-state index is 9.23. The number of aliphatic hydroxyl groups is 1. The van der Waals surface area contributed by atoms with Gasteiger partial charge in [0.2, 0.25) is 0 Å².